The molecule has 0 unspecified atom stereocenters. The highest BCUT2D eigenvalue weighted by molar-refractivity contribution is 5.89. The Morgan fingerprint density at radius 2 is 2.17 bits per heavy atom. The molecule has 0 amide bonds. The Balaban J connectivity index is 2.18. The van der Waals surface area contributed by atoms with E-state index in [1.54, 1.807) is 30.5 Å². The molecule has 0 saturated carbocycles. The number of carboxylic acids is 1. The van der Waals surface area contributed by atoms with Gasteiger partial charge in [-0.15, -0.1) is 0 Å². The third kappa shape index (κ3) is 1.57. The fourth-order valence-corrected chi connectivity index (χ4v) is 2.05. The Kier molecular flexibility index (Phi) is 2.19. The molecule has 90 valence electrons. The predicted molar refractivity (Wildman–Crippen MR) is 65.4 cm³/mol. The molecule has 3 N–H and O–H groups in total. The number of carboxylic acid groups (broad SMARTS) is 1. The molecule has 0 bridgehead atoms. The Labute approximate surface area is 103 Å². The molecule has 1 aromatic carbocycles. The van der Waals surface area contributed by atoms with Gasteiger partial charge in [-0.2, -0.15) is 0 Å². The second-order valence-corrected chi connectivity index (χ2v) is 4.07. The number of pyridine rings is 1. The largest absolute Gasteiger partial charge is 0.487 e. The first-order valence-corrected chi connectivity index (χ1v) is 5.40. The summed E-state index contributed by atoms with van der Waals surface area (Å²) in [7, 11) is 0. The topological polar surface area (TPSA) is 85.4 Å². The number of hydrogen-bond acceptors (Lipinski definition) is 4. The molecule has 2 heterocycles. The van der Waals surface area contributed by atoms with Gasteiger partial charge in [0.2, 0.25) is 0 Å². The summed E-state index contributed by atoms with van der Waals surface area (Å²) in [6.45, 7) is 0.342. The number of hydrogen-bond donors (Lipinski definition) is 2. The molecule has 0 atom stereocenters. The maximum atomic E-state index is 10.9. The van der Waals surface area contributed by atoms with E-state index >= 15 is 0 Å². The van der Waals surface area contributed by atoms with Crippen LogP contribution in [0.1, 0.15) is 15.9 Å². The number of carbonyl (C=O) groups is 1. The number of fused-ring (bicyclic) bond motifs is 3. The van der Waals surface area contributed by atoms with E-state index in [9.17, 15) is 4.79 Å². The van der Waals surface area contributed by atoms with Crippen molar-refractivity contribution >= 4 is 11.8 Å². The van der Waals surface area contributed by atoms with Gasteiger partial charge in [0.05, 0.1) is 11.8 Å². The first-order chi connectivity index (χ1) is 8.65. The van der Waals surface area contributed by atoms with Crippen LogP contribution >= 0.6 is 0 Å². The number of nitrogens with two attached hydrogens (primary N) is 1. The Morgan fingerprint density at radius 3 is 2.94 bits per heavy atom. The van der Waals surface area contributed by atoms with E-state index in [-0.39, 0.29) is 5.56 Å². The molecule has 18 heavy (non-hydrogen) atoms. The lowest BCUT2D eigenvalue weighted by Crippen LogP contribution is -2.08. The summed E-state index contributed by atoms with van der Waals surface area (Å²) in [5.74, 6) is 0.130. The first-order valence-electron chi connectivity index (χ1n) is 5.40. The van der Waals surface area contributed by atoms with E-state index in [0.29, 0.717) is 18.2 Å². The lowest BCUT2D eigenvalue weighted by Gasteiger charge is -2.20. The lowest BCUT2D eigenvalue weighted by atomic mass is 9.96. The zero-order valence-corrected chi connectivity index (χ0v) is 9.38. The van der Waals surface area contributed by atoms with Crippen molar-refractivity contribution in [3.05, 3.63) is 41.6 Å². The monoisotopic (exact) mass is 242 g/mol. The summed E-state index contributed by atoms with van der Waals surface area (Å²) >= 11 is 0. The molecule has 1 aliphatic rings. The molecule has 0 spiro atoms. The van der Waals surface area contributed by atoms with Crippen LogP contribution in [0.2, 0.25) is 0 Å². The minimum atomic E-state index is -0.946. The number of aromatic carboxylic acids is 1. The van der Waals surface area contributed by atoms with Gasteiger partial charge in [-0.05, 0) is 29.3 Å². The van der Waals surface area contributed by atoms with Gasteiger partial charge in [0, 0.05) is 5.56 Å². The van der Waals surface area contributed by atoms with Gasteiger partial charge < -0.3 is 15.6 Å². The molecule has 5 heteroatoms. The van der Waals surface area contributed by atoms with E-state index in [2.05, 4.69) is 4.98 Å². The van der Waals surface area contributed by atoms with Crippen LogP contribution in [0.25, 0.3) is 11.1 Å². The number of benzene rings is 1. The number of anilines is 1. The van der Waals surface area contributed by atoms with E-state index in [1.807, 2.05) is 0 Å². The van der Waals surface area contributed by atoms with Crippen LogP contribution in [0, 0.1) is 0 Å². The molecule has 0 radical (unpaired) electrons. The normalized spacial score (nSPS) is 12.2. The van der Waals surface area contributed by atoms with Crippen molar-refractivity contribution in [3.63, 3.8) is 0 Å². The summed E-state index contributed by atoms with van der Waals surface area (Å²) < 4.78 is 5.53. The van der Waals surface area contributed by atoms with Crippen LogP contribution in [0.5, 0.6) is 5.75 Å². The van der Waals surface area contributed by atoms with Crippen molar-refractivity contribution in [2.45, 2.75) is 6.61 Å². The van der Waals surface area contributed by atoms with Gasteiger partial charge in [-0.3, -0.25) is 0 Å². The van der Waals surface area contributed by atoms with E-state index in [4.69, 9.17) is 15.6 Å². The second-order valence-electron chi connectivity index (χ2n) is 4.07. The minimum absolute atomic E-state index is 0.253. The molecule has 3 rings (SSSR count). The summed E-state index contributed by atoms with van der Waals surface area (Å²) in [5, 5.41) is 8.95. The molecule has 2 aromatic rings. The maximum Gasteiger partial charge on any atom is 0.335 e. The van der Waals surface area contributed by atoms with Crippen LogP contribution < -0.4 is 10.5 Å². The molecule has 0 saturated heterocycles. The summed E-state index contributed by atoms with van der Waals surface area (Å²) in [6, 6.07) is 6.71. The number of ether oxygens (including phenoxy) is 1. The van der Waals surface area contributed by atoms with Gasteiger partial charge in [-0.25, -0.2) is 9.78 Å². The quantitative estimate of drug-likeness (QED) is 0.797. The van der Waals surface area contributed by atoms with Gasteiger partial charge in [0.25, 0.3) is 0 Å². The van der Waals surface area contributed by atoms with Crippen LogP contribution in [0.4, 0.5) is 5.82 Å². The highest BCUT2D eigenvalue weighted by Crippen LogP contribution is 2.37. The molecule has 0 fully saturated rings. The van der Waals surface area contributed by atoms with Gasteiger partial charge in [0.1, 0.15) is 18.2 Å². The van der Waals surface area contributed by atoms with Gasteiger partial charge >= 0.3 is 5.97 Å². The zero-order chi connectivity index (χ0) is 12.7. The fourth-order valence-electron chi connectivity index (χ4n) is 2.05. The van der Waals surface area contributed by atoms with Crippen molar-refractivity contribution in [1.82, 2.24) is 4.98 Å². The third-order valence-electron chi connectivity index (χ3n) is 2.91. The van der Waals surface area contributed by atoms with Crippen molar-refractivity contribution in [2.75, 3.05) is 5.73 Å². The minimum Gasteiger partial charge on any atom is -0.487 e. The van der Waals surface area contributed by atoms with E-state index in [1.165, 1.54) is 0 Å². The van der Waals surface area contributed by atoms with Crippen molar-refractivity contribution < 1.29 is 14.6 Å². The van der Waals surface area contributed by atoms with Crippen molar-refractivity contribution in [3.8, 4) is 16.9 Å². The maximum absolute atomic E-state index is 10.9. The standard InChI is InChI=1S/C13H10N2O3/c14-12-4-10-9-2-1-7(13(16)17)3-8(9)6-18-11(10)5-15-12/h1-5H,6H2,(H2,14,15)(H,16,17). The summed E-state index contributed by atoms with van der Waals surface area (Å²) in [4.78, 5) is 14.9. The SMILES string of the molecule is Nc1cc2c(cn1)OCc1cc(C(=O)O)ccc1-2. The highest BCUT2D eigenvalue weighted by Gasteiger charge is 2.19. The summed E-state index contributed by atoms with van der Waals surface area (Å²) in [5.41, 5.74) is 8.54. The smallest absolute Gasteiger partial charge is 0.335 e. The van der Waals surface area contributed by atoms with Crippen molar-refractivity contribution in [2.24, 2.45) is 0 Å². The number of nitrogen functional groups attached to an aromatic ring is 1. The first kappa shape index (κ1) is 10.6. The average Bonchev–Trinajstić information content (AvgIpc) is 2.37. The Hall–Kier alpha value is -2.56. The lowest BCUT2D eigenvalue weighted by molar-refractivity contribution is 0.0696. The van der Waals surface area contributed by atoms with Crippen molar-refractivity contribution in [1.29, 1.82) is 0 Å². The van der Waals surface area contributed by atoms with Gasteiger partial charge in [-0.1, -0.05) is 6.07 Å². The van der Waals surface area contributed by atoms with E-state index < -0.39 is 5.97 Å². The number of aromatic nitrogens is 1. The fraction of sp³-hybridized carbons (Fsp3) is 0.0769. The molecule has 1 aromatic heterocycles. The second kappa shape index (κ2) is 3.73. The molecule has 1 aliphatic heterocycles. The van der Waals surface area contributed by atoms with Crippen LogP contribution in [-0.2, 0) is 6.61 Å². The molecular weight excluding hydrogens is 232 g/mol. The average molecular weight is 242 g/mol. The predicted octanol–water partition coefficient (Wildman–Crippen LogP) is 1.92. The van der Waals surface area contributed by atoms with Gasteiger partial charge in [0.15, 0.2) is 0 Å². The van der Waals surface area contributed by atoms with E-state index in [0.717, 1.165) is 16.7 Å². The molecule has 0 aliphatic carbocycles. The zero-order valence-electron chi connectivity index (χ0n) is 9.38. The van der Waals surface area contributed by atoms with Crippen LogP contribution in [0.15, 0.2) is 30.5 Å². The highest BCUT2D eigenvalue weighted by atomic mass is 16.5. The third-order valence-corrected chi connectivity index (χ3v) is 2.91. The number of nitrogens with zero attached hydrogens (tertiary/aromatic N) is 1. The summed E-state index contributed by atoms with van der Waals surface area (Å²) in [6.07, 6.45) is 1.58. The Bertz CT molecular complexity index is 653. The Morgan fingerprint density at radius 1 is 1.33 bits per heavy atom. The molecule has 5 nitrogen and oxygen atoms in total. The van der Waals surface area contributed by atoms with Crippen LogP contribution in [0.3, 0.4) is 0 Å². The van der Waals surface area contributed by atoms with Crippen LogP contribution in [-0.4, -0.2) is 16.1 Å². The number of rotatable bonds is 1. The molecular formula is C13H10N2O3.